The van der Waals surface area contributed by atoms with Crippen molar-refractivity contribution in [2.45, 2.75) is 20.3 Å². The summed E-state index contributed by atoms with van der Waals surface area (Å²) < 4.78 is 7.24. The third-order valence-electron chi connectivity index (χ3n) is 3.97. The van der Waals surface area contributed by atoms with E-state index >= 15 is 0 Å². The largest absolute Gasteiger partial charge is 0.466 e. The van der Waals surface area contributed by atoms with Crippen molar-refractivity contribution >= 4 is 17.3 Å². The Labute approximate surface area is 118 Å². The Hall–Kier alpha value is -2.04. The molecule has 0 amide bonds. The minimum Gasteiger partial charge on any atom is -0.466 e. The molecular formula is C15H19N3O2. The zero-order valence-corrected chi connectivity index (χ0v) is 11.9. The average Bonchev–Trinajstić information content (AvgIpc) is 3.05. The maximum Gasteiger partial charge on any atom is 0.313 e. The Morgan fingerprint density at radius 1 is 1.50 bits per heavy atom. The Morgan fingerprint density at radius 2 is 2.35 bits per heavy atom. The first-order valence-corrected chi connectivity index (χ1v) is 6.98. The number of ether oxygens (including phenoxy) is 1. The van der Waals surface area contributed by atoms with Crippen LogP contribution < -0.4 is 4.90 Å². The Kier molecular flexibility index (Phi) is 3.12. The van der Waals surface area contributed by atoms with Gasteiger partial charge in [-0.3, -0.25) is 4.79 Å². The standard InChI is InChI=1S/C15H19N3O2/c1-3-20-14(19)15(2)6-9-18(11-15)13-12-5-4-8-17(12)10-7-16-13/h4-5,7-8,10H,3,6,9,11H2,1-2H3. The zero-order chi connectivity index (χ0) is 14.2. The SMILES string of the molecule is CCOC(=O)C1(C)CCN(c2nccn3cccc23)C1. The highest BCUT2D eigenvalue weighted by molar-refractivity contribution is 5.79. The van der Waals surface area contributed by atoms with Crippen molar-refractivity contribution in [3.05, 3.63) is 30.7 Å². The first kappa shape index (κ1) is 13.0. The van der Waals surface area contributed by atoms with Crippen molar-refractivity contribution in [1.82, 2.24) is 9.38 Å². The number of carbonyl (C=O) groups excluding carboxylic acids is 1. The molecule has 0 bridgehead atoms. The van der Waals surface area contributed by atoms with Crippen LogP contribution >= 0.6 is 0 Å². The summed E-state index contributed by atoms with van der Waals surface area (Å²) in [6, 6.07) is 4.05. The minimum atomic E-state index is -0.433. The summed E-state index contributed by atoms with van der Waals surface area (Å²) in [5.74, 6) is 0.829. The predicted octanol–water partition coefficient (Wildman–Crippen LogP) is 2.11. The monoisotopic (exact) mass is 273 g/mol. The van der Waals surface area contributed by atoms with Gasteiger partial charge in [0.25, 0.3) is 0 Å². The van der Waals surface area contributed by atoms with E-state index in [0.717, 1.165) is 24.3 Å². The van der Waals surface area contributed by atoms with E-state index in [0.29, 0.717) is 13.2 Å². The molecule has 1 atom stereocenters. The molecule has 3 rings (SSSR count). The summed E-state index contributed by atoms with van der Waals surface area (Å²) >= 11 is 0. The van der Waals surface area contributed by atoms with Gasteiger partial charge < -0.3 is 14.0 Å². The minimum absolute atomic E-state index is 0.107. The van der Waals surface area contributed by atoms with E-state index < -0.39 is 5.41 Å². The molecule has 1 unspecified atom stereocenters. The smallest absolute Gasteiger partial charge is 0.313 e. The molecule has 3 heterocycles. The molecule has 1 fully saturated rings. The Morgan fingerprint density at radius 3 is 3.15 bits per heavy atom. The normalized spacial score (nSPS) is 22.4. The van der Waals surface area contributed by atoms with Crippen molar-refractivity contribution < 1.29 is 9.53 Å². The van der Waals surface area contributed by atoms with Gasteiger partial charge in [-0.25, -0.2) is 4.98 Å². The number of hydrogen-bond donors (Lipinski definition) is 0. The van der Waals surface area contributed by atoms with Crippen LogP contribution in [0, 0.1) is 5.41 Å². The average molecular weight is 273 g/mol. The van der Waals surface area contributed by atoms with Crippen LogP contribution in [0.1, 0.15) is 20.3 Å². The molecule has 0 aromatic carbocycles. The highest BCUT2D eigenvalue weighted by atomic mass is 16.5. The van der Waals surface area contributed by atoms with Crippen LogP contribution in [0.3, 0.4) is 0 Å². The number of carbonyl (C=O) groups is 1. The van der Waals surface area contributed by atoms with E-state index in [9.17, 15) is 4.79 Å². The van der Waals surface area contributed by atoms with Gasteiger partial charge >= 0.3 is 5.97 Å². The van der Waals surface area contributed by atoms with Crippen LogP contribution in [-0.2, 0) is 9.53 Å². The molecule has 0 N–H and O–H groups in total. The summed E-state index contributed by atoms with van der Waals surface area (Å²) in [4.78, 5) is 18.7. The van der Waals surface area contributed by atoms with Gasteiger partial charge in [0.1, 0.15) is 0 Å². The number of aromatic nitrogens is 2. The third-order valence-corrected chi connectivity index (χ3v) is 3.97. The van der Waals surface area contributed by atoms with Crippen LogP contribution in [0.2, 0.25) is 0 Å². The fourth-order valence-corrected chi connectivity index (χ4v) is 2.81. The van der Waals surface area contributed by atoms with Crippen molar-refractivity contribution in [3.8, 4) is 0 Å². The van der Waals surface area contributed by atoms with E-state index in [1.165, 1.54) is 0 Å². The molecule has 20 heavy (non-hydrogen) atoms. The molecule has 1 aliphatic heterocycles. The fraction of sp³-hybridized carbons (Fsp3) is 0.467. The summed E-state index contributed by atoms with van der Waals surface area (Å²) in [5, 5.41) is 0. The number of hydrogen-bond acceptors (Lipinski definition) is 4. The second kappa shape index (κ2) is 4.81. The molecule has 5 heteroatoms. The molecule has 0 spiro atoms. The van der Waals surface area contributed by atoms with E-state index in [1.807, 2.05) is 42.8 Å². The first-order chi connectivity index (χ1) is 9.64. The highest BCUT2D eigenvalue weighted by Gasteiger charge is 2.42. The predicted molar refractivity (Wildman–Crippen MR) is 76.8 cm³/mol. The van der Waals surface area contributed by atoms with Crippen molar-refractivity contribution in [2.24, 2.45) is 5.41 Å². The zero-order valence-electron chi connectivity index (χ0n) is 11.9. The van der Waals surface area contributed by atoms with E-state index in [-0.39, 0.29) is 5.97 Å². The van der Waals surface area contributed by atoms with E-state index in [2.05, 4.69) is 9.88 Å². The quantitative estimate of drug-likeness (QED) is 0.804. The van der Waals surface area contributed by atoms with Gasteiger partial charge in [0.2, 0.25) is 0 Å². The highest BCUT2D eigenvalue weighted by Crippen LogP contribution is 2.35. The lowest BCUT2D eigenvalue weighted by Crippen LogP contribution is -2.33. The lowest BCUT2D eigenvalue weighted by molar-refractivity contribution is -0.153. The second-order valence-electron chi connectivity index (χ2n) is 5.50. The number of anilines is 1. The molecule has 2 aromatic heterocycles. The number of esters is 1. The van der Waals surface area contributed by atoms with Crippen LogP contribution in [-0.4, -0.2) is 35.1 Å². The number of rotatable bonds is 3. The lowest BCUT2D eigenvalue weighted by Gasteiger charge is -2.23. The van der Waals surface area contributed by atoms with E-state index in [4.69, 9.17) is 4.74 Å². The fourth-order valence-electron chi connectivity index (χ4n) is 2.81. The van der Waals surface area contributed by atoms with Crippen molar-refractivity contribution in [1.29, 1.82) is 0 Å². The lowest BCUT2D eigenvalue weighted by atomic mass is 9.90. The maximum absolute atomic E-state index is 12.1. The van der Waals surface area contributed by atoms with E-state index in [1.54, 1.807) is 6.20 Å². The van der Waals surface area contributed by atoms with Gasteiger partial charge in [-0.1, -0.05) is 0 Å². The summed E-state index contributed by atoms with van der Waals surface area (Å²) in [7, 11) is 0. The molecule has 1 saturated heterocycles. The van der Waals surface area contributed by atoms with Gasteiger partial charge in [0.15, 0.2) is 5.82 Å². The molecule has 2 aromatic rings. The molecule has 0 aliphatic carbocycles. The number of fused-ring (bicyclic) bond motifs is 1. The molecule has 5 nitrogen and oxygen atoms in total. The Bertz CT molecular complexity index is 637. The molecule has 0 radical (unpaired) electrons. The summed E-state index contributed by atoms with van der Waals surface area (Å²) in [5.41, 5.74) is 0.637. The molecule has 0 saturated carbocycles. The van der Waals surface area contributed by atoms with Crippen LogP contribution in [0.4, 0.5) is 5.82 Å². The molecule has 106 valence electrons. The van der Waals surface area contributed by atoms with Gasteiger partial charge in [-0.15, -0.1) is 0 Å². The van der Waals surface area contributed by atoms with Crippen LogP contribution in [0.25, 0.3) is 5.52 Å². The Balaban J connectivity index is 1.87. The molecule has 1 aliphatic rings. The third kappa shape index (κ3) is 2.03. The van der Waals surface area contributed by atoms with Gasteiger partial charge in [-0.2, -0.15) is 0 Å². The molecular weight excluding hydrogens is 254 g/mol. The summed E-state index contributed by atoms with van der Waals surface area (Å²) in [6.07, 6.45) is 6.53. The maximum atomic E-state index is 12.1. The van der Waals surface area contributed by atoms with Crippen LogP contribution in [0.15, 0.2) is 30.7 Å². The second-order valence-corrected chi connectivity index (χ2v) is 5.50. The van der Waals surface area contributed by atoms with Crippen molar-refractivity contribution in [2.75, 3.05) is 24.6 Å². The van der Waals surface area contributed by atoms with Gasteiger partial charge in [0.05, 0.1) is 17.5 Å². The van der Waals surface area contributed by atoms with Crippen LogP contribution in [0.5, 0.6) is 0 Å². The van der Waals surface area contributed by atoms with Crippen molar-refractivity contribution in [3.63, 3.8) is 0 Å². The number of nitrogens with zero attached hydrogens (tertiary/aromatic N) is 3. The topological polar surface area (TPSA) is 46.8 Å². The van der Waals surface area contributed by atoms with Gasteiger partial charge in [0, 0.05) is 31.7 Å². The van der Waals surface area contributed by atoms with Gasteiger partial charge in [-0.05, 0) is 32.4 Å². The first-order valence-electron chi connectivity index (χ1n) is 6.98. The summed E-state index contributed by atoms with van der Waals surface area (Å²) in [6.45, 7) is 5.73.